The number of esters is 1. The minimum atomic E-state index is -0.521. The number of halogens is 1. The quantitative estimate of drug-likeness (QED) is 0.477. The molecule has 0 bridgehead atoms. The summed E-state index contributed by atoms with van der Waals surface area (Å²) in [6.45, 7) is 2.10. The maximum absolute atomic E-state index is 12.2. The molecule has 1 saturated heterocycles. The lowest BCUT2D eigenvalue weighted by atomic mass is 10.1. The molecule has 0 aromatic heterocycles. The van der Waals surface area contributed by atoms with Crippen molar-refractivity contribution in [3.05, 3.63) is 64.2 Å². The fourth-order valence-corrected chi connectivity index (χ4v) is 2.73. The Morgan fingerprint density at radius 2 is 1.72 bits per heavy atom. The van der Waals surface area contributed by atoms with Crippen LogP contribution in [0, 0.1) is 6.92 Å². The molecule has 1 aliphatic rings. The third kappa shape index (κ3) is 3.88. The topological polar surface area (TPSA) is 63.7 Å². The van der Waals surface area contributed by atoms with Crippen molar-refractivity contribution in [2.45, 2.75) is 26.3 Å². The third-order valence-corrected chi connectivity index (χ3v) is 4.29. The first kappa shape index (κ1) is 17.2. The molecule has 1 fully saturated rings. The number of likely N-dealkylation sites (tertiary alicyclic amines) is 1. The smallest absolute Gasteiger partial charge is 0.343 e. The van der Waals surface area contributed by atoms with Crippen LogP contribution in [0.15, 0.2) is 42.5 Å². The van der Waals surface area contributed by atoms with Gasteiger partial charge >= 0.3 is 5.97 Å². The lowest BCUT2D eigenvalue weighted by molar-refractivity contribution is -0.139. The van der Waals surface area contributed by atoms with E-state index >= 15 is 0 Å². The molecule has 0 radical (unpaired) electrons. The molecule has 6 heteroatoms. The summed E-state index contributed by atoms with van der Waals surface area (Å²) in [4.78, 5) is 36.8. The van der Waals surface area contributed by atoms with E-state index in [-0.39, 0.29) is 31.2 Å². The number of rotatable bonds is 4. The van der Waals surface area contributed by atoms with Gasteiger partial charge in [0.05, 0.1) is 17.1 Å². The average Bonchev–Trinajstić information content (AvgIpc) is 2.91. The van der Waals surface area contributed by atoms with Gasteiger partial charge in [0.2, 0.25) is 11.8 Å². The normalized spacial score (nSPS) is 14.1. The van der Waals surface area contributed by atoms with Gasteiger partial charge in [0.25, 0.3) is 0 Å². The molecule has 1 heterocycles. The van der Waals surface area contributed by atoms with Crippen LogP contribution < -0.4 is 4.74 Å². The van der Waals surface area contributed by atoms with Gasteiger partial charge in [-0.2, -0.15) is 0 Å². The summed E-state index contributed by atoms with van der Waals surface area (Å²) in [6.07, 6.45) is 0.529. The van der Waals surface area contributed by atoms with Crippen LogP contribution in [0.2, 0.25) is 5.02 Å². The Morgan fingerprint density at radius 3 is 2.36 bits per heavy atom. The molecule has 0 aliphatic carbocycles. The zero-order valence-electron chi connectivity index (χ0n) is 13.6. The van der Waals surface area contributed by atoms with Gasteiger partial charge < -0.3 is 4.74 Å². The Kier molecular flexibility index (Phi) is 4.86. The van der Waals surface area contributed by atoms with Crippen LogP contribution in [-0.4, -0.2) is 22.7 Å². The Balaban J connectivity index is 1.69. The fourth-order valence-electron chi connectivity index (χ4n) is 2.58. The standard InChI is InChI=1S/C19H16ClNO4/c1-12-2-7-15(20)16(10-12)25-19(24)14-5-3-13(4-6-14)11-21-17(22)8-9-18(21)23/h2-7,10H,8-9,11H2,1H3. The SMILES string of the molecule is Cc1ccc(Cl)c(OC(=O)c2ccc(CN3C(=O)CCC3=O)cc2)c1. The third-order valence-electron chi connectivity index (χ3n) is 3.97. The molecule has 2 aromatic carbocycles. The van der Waals surface area contributed by atoms with E-state index in [0.717, 1.165) is 11.1 Å². The van der Waals surface area contributed by atoms with Crippen molar-refractivity contribution in [2.75, 3.05) is 0 Å². The summed E-state index contributed by atoms with van der Waals surface area (Å²) < 4.78 is 5.33. The second kappa shape index (κ2) is 7.07. The van der Waals surface area contributed by atoms with Crippen molar-refractivity contribution in [1.82, 2.24) is 4.90 Å². The Morgan fingerprint density at radius 1 is 1.08 bits per heavy atom. The zero-order chi connectivity index (χ0) is 18.0. The maximum atomic E-state index is 12.2. The Hall–Kier alpha value is -2.66. The van der Waals surface area contributed by atoms with Crippen molar-refractivity contribution in [2.24, 2.45) is 0 Å². The first-order valence-electron chi connectivity index (χ1n) is 7.84. The van der Waals surface area contributed by atoms with Crippen molar-refractivity contribution < 1.29 is 19.1 Å². The summed E-state index contributed by atoms with van der Waals surface area (Å²) in [5, 5.41) is 0.363. The first-order valence-corrected chi connectivity index (χ1v) is 8.22. The number of benzene rings is 2. The van der Waals surface area contributed by atoms with Crippen molar-refractivity contribution in [3.8, 4) is 5.75 Å². The van der Waals surface area contributed by atoms with E-state index in [0.29, 0.717) is 16.3 Å². The summed E-state index contributed by atoms with van der Waals surface area (Å²) in [7, 11) is 0. The van der Waals surface area contributed by atoms with Crippen LogP contribution in [0.5, 0.6) is 5.75 Å². The largest absolute Gasteiger partial charge is 0.421 e. The number of imide groups is 1. The molecule has 128 valence electrons. The maximum Gasteiger partial charge on any atom is 0.343 e. The number of hydrogen-bond acceptors (Lipinski definition) is 4. The second-order valence-corrected chi connectivity index (χ2v) is 6.30. The highest BCUT2D eigenvalue weighted by atomic mass is 35.5. The molecule has 0 saturated carbocycles. The van der Waals surface area contributed by atoms with Crippen molar-refractivity contribution in [3.63, 3.8) is 0 Å². The van der Waals surface area contributed by atoms with E-state index in [4.69, 9.17) is 16.3 Å². The number of ether oxygens (including phenoxy) is 1. The van der Waals surface area contributed by atoms with Crippen molar-refractivity contribution >= 4 is 29.4 Å². The van der Waals surface area contributed by atoms with E-state index < -0.39 is 5.97 Å². The first-order chi connectivity index (χ1) is 11.9. The van der Waals surface area contributed by atoms with E-state index in [2.05, 4.69) is 0 Å². The van der Waals surface area contributed by atoms with E-state index in [1.807, 2.05) is 13.0 Å². The lowest BCUT2D eigenvalue weighted by Gasteiger charge is -2.14. The van der Waals surface area contributed by atoms with Gasteiger partial charge in [0, 0.05) is 12.8 Å². The summed E-state index contributed by atoms with van der Waals surface area (Å²) in [5.74, 6) is -0.540. The van der Waals surface area contributed by atoms with Crippen LogP contribution >= 0.6 is 11.6 Å². The Labute approximate surface area is 150 Å². The highest BCUT2D eigenvalue weighted by Crippen LogP contribution is 2.26. The molecule has 25 heavy (non-hydrogen) atoms. The van der Waals surface area contributed by atoms with Crippen molar-refractivity contribution in [1.29, 1.82) is 0 Å². The minimum Gasteiger partial charge on any atom is -0.421 e. The molecule has 1 aliphatic heterocycles. The van der Waals surface area contributed by atoms with E-state index in [1.54, 1.807) is 36.4 Å². The summed E-state index contributed by atoms with van der Waals surface area (Å²) >= 11 is 6.03. The summed E-state index contributed by atoms with van der Waals surface area (Å²) in [5.41, 5.74) is 2.07. The number of aryl methyl sites for hydroxylation is 1. The highest BCUT2D eigenvalue weighted by molar-refractivity contribution is 6.32. The van der Waals surface area contributed by atoms with E-state index in [9.17, 15) is 14.4 Å². The van der Waals surface area contributed by atoms with Crippen LogP contribution in [0.1, 0.15) is 34.3 Å². The van der Waals surface area contributed by atoms with Gasteiger partial charge in [0.15, 0.2) is 0 Å². The van der Waals surface area contributed by atoms with Crippen LogP contribution in [-0.2, 0) is 16.1 Å². The van der Waals surface area contributed by atoms with Crippen LogP contribution in [0.4, 0.5) is 0 Å². The molecule has 3 rings (SSSR count). The fraction of sp³-hybridized carbons (Fsp3) is 0.211. The predicted molar refractivity (Wildman–Crippen MR) is 92.4 cm³/mol. The van der Waals surface area contributed by atoms with E-state index in [1.165, 1.54) is 4.90 Å². The predicted octanol–water partition coefficient (Wildman–Crippen LogP) is 3.52. The van der Waals surface area contributed by atoms with Gasteiger partial charge in [-0.1, -0.05) is 29.8 Å². The molecule has 2 amide bonds. The number of hydrogen-bond donors (Lipinski definition) is 0. The number of nitrogens with zero attached hydrogens (tertiary/aromatic N) is 1. The summed E-state index contributed by atoms with van der Waals surface area (Å²) in [6, 6.07) is 11.8. The molecular formula is C19H16ClNO4. The Bertz CT molecular complexity index is 829. The van der Waals surface area contributed by atoms with Gasteiger partial charge in [-0.25, -0.2) is 4.79 Å². The molecular weight excluding hydrogens is 342 g/mol. The van der Waals surface area contributed by atoms with Gasteiger partial charge in [-0.3, -0.25) is 14.5 Å². The molecule has 2 aromatic rings. The van der Waals surface area contributed by atoms with Crippen LogP contribution in [0.25, 0.3) is 0 Å². The van der Waals surface area contributed by atoms with Gasteiger partial charge in [0.1, 0.15) is 5.75 Å². The van der Waals surface area contributed by atoms with Gasteiger partial charge in [-0.05, 0) is 42.3 Å². The zero-order valence-corrected chi connectivity index (χ0v) is 14.4. The molecule has 5 nitrogen and oxygen atoms in total. The number of carbonyl (C=O) groups excluding carboxylic acids is 3. The second-order valence-electron chi connectivity index (χ2n) is 5.89. The molecule has 0 unspecified atom stereocenters. The highest BCUT2D eigenvalue weighted by Gasteiger charge is 2.28. The minimum absolute atomic E-state index is 0.164. The van der Waals surface area contributed by atoms with Gasteiger partial charge in [-0.15, -0.1) is 0 Å². The molecule has 0 N–H and O–H groups in total. The monoisotopic (exact) mass is 357 g/mol. The average molecular weight is 358 g/mol. The molecule has 0 atom stereocenters. The number of amides is 2. The lowest BCUT2D eigenvalue weighted by Crippen LogP contribution is -2.28. The van der Waals surface area contributed by atoms with Crippen LogP contribution in [0.3, 0.4) is 0 Å². The number of carbonyl (C=O) groups is 3. The molecule has 0 spiro atoms.